The van der Waals surface area contributed by atoms with Gasteiger partial charge < -0.3 is 15.2 Å². The fraction of sp³-hybridized carbons (Fsp3) is 0.222. The molecule has 0 saturated carbocycles. The first-order valence-corrected chi connectivity index (χ1v) is 7.81. The summed E-state index contributed by atoms with van der Waals surface area (Å²) in [5.74, 6) is -0.369. The minimum absolute atomic E-state index is 0.0483. The Morgan fingerprint density at radius 2 is 1.75 bits per heavy atom. The second-order valence-corrected chi connectivity index (χ2v) is 6.09. The van der Waals surface area contributed by atoms with Gasteiger partial charge in [-0.15, -0.1) is 0 Å². The highest BCUT2D eigenvalue weighted by molar-refractivity contribution is 6.34. The highest BCUT2D eigenvalue weighted by Crippen LogP contribution is 2.24. The van der Waals surface area contributed by atoms with Gasteiger partial charge in [-0.25, -0.2) is 4.79 Å². The van der Waals surface area contributed by atoms with Crippen molar-refractivity contribution in [3.8, 4) is 5.75 Å². The molecule has 6 heteroatoms. The van der Waals surface area contributed by atoms with Gasteiger partial charge in [-0.1, -0.05) is 25.4 Å². The smallest absolute Gasteiger partial charge is 0.335 e. The topological polar surface area (TPSA) is 75.6 Å². The molecule has 0 heterocycles. The number of halogens is 1. The molecule has 24 heavy (non-hydrogen) atoms. The van der Waals surface area contributed by atoms with E-state index in [0.717, 1.165) is 0 Å². The number of anilines is 1. The van der Waals surface area contributed by atoms with Crippen molar-refractivity contribution in [3.63, 3.8) is 0 Å². The number of ether oxygens (including phenoxy) is 1. The molecule has 0 aliphatic rings. The van der Waals surface area contributed by atoms with Gasteiger partial charge in [0.1, 0.15) is 5.75 Å². The van der Waals surface area contributed by atoms with Crippen molar-refractivity contribution >= 4 is 29.2 Å². The SMILES string of the molecule is CC(C)COc1ccc(C(=O)Nc2cc(C(=O)O)ccc2Cl)cc1. The second kappa shape index (κ2) is 7.84. The van der Waals surface area contributed by atoms with Crippen LogP contribution in [0.3, 0.4) is 0 Å². The first kappa shape index (κ1) is 17.8. The zero-order valence-corrected chi connectivity index (χ0v) is 14.1. The van der Waals surface area contributed by atoms with Crippen molar-refractivity contribution in [3.05, 3.63) is 58.6 Å². The third kappa shape index (κ3) is 4.73. The Bertz CT molecular complexity index is 741. The summed E-state index contributed by atoms with van der Waals surface area (Å²) in [6.45, 7) is 4.71. The number of hydrogen-bond acceptors (Lipinski definition) is 3. The van der Waals surface area contributed by atoms with Crippen molar-refractivity contribution < 1.29 is 19.4 Å². The second-order valence-electron chi connectivity index (χ2n) is 5.68. The molecular weight excluding hydrogens is 330 g/mol. The maximum absolute atomic E-state index is 12.3. The molecule has 0 atom stereocenters. The molecule has 0 saturated heterocycles. The number of benzene rings is 2. The van der Waals surface area contributed by atoms with Crippen LogP contribution >= 0.6 is 11.6 Å². The first-order chi connectivity index (χ1) is 11.4. The zero-order chi connectivity index (χ0) is 17.7. The van der Waals surface area contributed by atoms with Gasteiger partial charge in [-0.3, -0.25) is 4.79 Å². The molecule has 0 radical (unpaired) electrons. The van der Waals surface area contributed by atoms with E-state index in [-0.39, 0.29) is 22.2 Å². The maximum atomic E-state index is 12.3. The number of nitrogens with one attached hydrogen (secondary N) is 1. The molecule has 5 nitrogen and oxygen atoms in total. The summed E-state index contributed by atoms with van der Waals surface area (Å²) in [7, 11) is 0. The lowest BCUT2D eigenvalue weighted by Gasteiger charge is -2.10. The molecule has 0 fully saturated rings. The summed E-state index contributed by atoms with van der Waals surface area (Å²) in [5, 5.41) is 11.9. The molecule has 0 bridgehead atoms. The Kier molecular flexibility index (Phi) is 5.82. The van der Waals surface area contributed by atoms with Crippen LogP contribution in [0.25, 0.3) is 0 Å². The molecule has 0 unspecified atom stereocenters. The predicted molar refractivity (Wildman–Crippen MR) is 93.1 cm³/mol. The van der Waals surface area contributed by atoms with Crippen molar-refractivity contribution in [1.29, 1.82) is 0 Å². The van der Waals surface area contributed by atoms with E-state index in [1.165, 1.54) is 18.2 Å². The molecule has 126 valence electrons. The fourth-order valence-electron chi connectivity index (χ4n) is 1.91. The molecule has 0 spiro atoms. The van der Waals surface area contributed by atoms with Gasteiger partial charge in [0.2, 0.25) is 0 Å². The van der Waals surface area contributed by atoms with E-state index < -0.39 is 5.97 Å². The van der Waals surface area contributed by atoms with Crippen LogP contribution in [0, 0.1) is 5.92 Å². The Morgan fingerprint density at radius 1 is 1.12 bits per heavy atom. The third-order valence-electron chi connectivity index (χ3n) is 3.16. The largest absolute Gasteiger partial charge is 0.493 e. The van der Waals surface area contributed by atoms with E-state index >= 15 is 0 Å². The maximum Gasteiger partial charge on any atom is 0.335 e. The Labute approximate surface area is 145 Å². The minimum atomic E-state index is -1.09. The van der Waals surface area contributed by atoms with E-state index in [1.54, 1.807) is 24.3 Å². The normalized spacial score (nSPS) is 10.5. The number of carbonyl (C=O) groups excluding carboxylic acids is 1. The lowest BCUT2D eigenvalue weighted by atomic mass is 10.1. The highest BCUT2D eigenvalue weighted by atomic mass is 35.5. The Balaban J connectivity index is 2.09. The van der Waals surface area contributed by atoms with E-state index in [1.807, 2.05) is 0 Å². The van der Waals surface area contributed by atoms with Crippen LogP contribution in [0.5, 0.6) is 5.75 Å². The summed E-state index contributed by atoms with van der Waals surface area (Å²) in [4.78, 5) is 23.3. The number of carboxylic acids is 1. The van der Waals surface area contributed by atoms with Crippen LogP contribution in [0.1, 0.15) is 34.6 Å². The van der Waals surface area contributed by atoms with Crippen LogP contribution in [0.2, 0.25) is 5.02 Å². The number of carboxylic acid groups (broad SMARTS) is 1. The zero-order valence-electron chi connectivity index (χ0n) is 13.4. The summed E-state index contributed by atoms with van der Waals surface area (Å²) in [5.41, 5.74) is 0.720. The van der Waals surface area contributed by atoms with Crippen LogP contribution in [0.4, 0.5) is 5.69 Å². The van der Waals surface area contributed by atoms with Crippen molar-refractivity contribution in [1.82, 2.24) is 0 Å². The van der Waals surface area contributed by atoms with Gasteiger partial charge in [-0.05, 0) is 48.4 Å². The third-order valence-corrected chi connectivity index (χ3v) is 3.49. The molecule has 0 aliphatic carbocycles. The van der Waals surface area contributed by atoms with Gasteiger partial charge in [0.25, 0.3) is 5.91 Å². The monoisotopic (exact) mass is 347 g/mol. The summed E-state index contributed by atoms with van der Waals surface area (Å²) in [6.07, 6.45) is 0. The first-order valence-electron chi connectivity index (χ1n) is 7.44. The Hall–Kier alpha value is -2.53. The average Bonchev–Trinajstić information content (AvgIpc) is 2.55. The Morgan fingerprint density at radius 3 is 2.33 bits per heavy atom. The van der Waals surface area contributed by atoms with Crippen LogP contribution in [-0.4, -0.2) is 23.6 Å². The molecule has 2 aromatic rings. The molecular formula is C18H18ClNO4. The van der Waals surface area contributed by atoms with Crippen LogP contribution in [0.15, 0.2) is 42.5 Å². The molecule has 0 aliphatic heterocycles. The van der Waals surface area contributed by atoms with Crippen LogP contribution in [-0.2, 0) is 0 Å². The number of aromatic carboxylic acids is 1. The van der Waals surface area contributed by atoms with E-state index in [4.69, 9.17) is 21.4 Å². The van der Waals surface area contributed by atoms with Gasteiger partial charge in [0.15, 0.2) is 0 Å². The molecule has 1 amide bonds. The highest BCUT2D eigenvalue weighted by Gasteiger charge is 2.12. The van der Waals surface area contributed by atoms with Crippen molar-refractivity contribution in [2.24, 2.45) is 5.92 Å². The van der Waals surface area contributed by atoms with Gasteiger partial charge in [0, 0.05) is 5.56 Å². The lowest BCUT2D eigenvalue weighted by Crippen LogP contribution is -2.13. The van der Waals surface area contributed by atoms with Gasteiger partial charge >= 0.3 is 5.97 Å². The number of amides is 1. The minimum Gasteiger partial charge on any atom is -0.493 e. The van der Waals surface area contributed by atoms with Crippen molar-refractivity contribution in [2.75, 3.05) is 11.9 Å². The average molecular weight is 348 g/mol. The van der Waals surface area contributed by atoms with Crippen LogP contribution < -0.4 is 10.1 Å². The summed E-state index contributed by atoms with van der Waals surface area (Å²) >= 11 is 6.00. The quantitative estimate of drug-likeness (QED) is 0.815. The molecule has 2 N–H and O–H groups in total. The van der Waals surface area contributed by atoms with Gasteiger partial charge in [0.05, 0.1) is 22.9 Å². The van der Waals surface area contributed by atoms with E-state index in [2.05, 4.69) is 19.2 Å². The summed E-state index contributed by atoms with van der Waals surface area (Å²) < 4.78 is 5.56. The lowest BCUT2D eigenvalue weighted by molar-refractivity contribution is 0.0696. The van der Waals surface area contributed by atoms with E-state index in [9.17, 15) is 9.59 Å². The number of hydrogen-bond donors (Lipinski definition) is 2. The van der Waals surface area contributed by atoms with Gasteiger partial charge in [-0.2, -0.15) is 0 Å². The standard InChI is InChI=1S/C18H18ClNO4/c1-11(2)10-24-14-6-3-12(4-7-14)17(21)20-16-9-13(18(22)23)5-8-15(16)19/h3-9,11H,10H2,1-2H3,(H,20,21)(H,22,23). The molecule has 2 aromatic carbocycles. The number of carbonyl (C=O) groups is 2. The fourth-order valence-corrected chi connectivity index (χ4v) is 2.08. The van der Waals surface area contributed by atoms with Crippen molar-refractivity contribution in [2.45, 2.75) is 13.8 Å². The van der Waals surface area contributed by atoms with E-state index in [0.29, 0.717) is 23.8 Å². The summed E-state index contributed by atoms with van der Waals surface area (Å²) in [6, 6.07) is 10.8. The molecule has 0 aromatic heterocycles. The number of rotatable bonds is 6. The molecule has 2 rings (SSSR count). The predicted octanol–water partition coefficient (Wildman–Crippen LogP) is 4.33.